The molecule has 0 aliphatic heterocycles. The molecule has 4 nitrogen and oxygen atoms in total. The zero-order valence-electron chi connectivity index (χ0n) is 14.7. The minimum atomic E-state index is 0.329. The van der Waals surface area contributed by atoms with Crippen LogP contribution in [0.3, 0.4) is 0 Å². The largest absolute Gasteiger partial charge is 0.370 e. The smallest absolute Gasteiger partial charge is 0.135 e. The third-order valence-electron chi connectivity index (χ3n) is 3.85. The van der Waals surface area contributed by atoms with Gasteiger partial charge in [0.25, 0.3) is 0 Å². The van der Waals surface area contributed by atoms with Crippen molar-refractivity contribution >= 4 is 11.6 Å². The minimum absolute atomic E-state index is 0.329. The standard InChI is InChI=1S/C17H32N4/c1-8-18-15-9-16(21-17(20-15)13(6)7)19-10-14(11(2)3)12(4)5/h9,11-14H,8,10H2,1-7H3,(H2,18,19,20,21). The van der Waals surface area contributed by atoms with Crippen molar-refractivity contribution in [2.45, 2.75) is 54.4 Å². The van der Waals surface area contributed by atoms with Crippen LogP contribution < -0.4 is 10.6 Å². The summed E-state index contributed by atoms with van der Waals surface area (Å²) in [5.74, 6) is 5.02. The van der Waals surface area contributed by atoms with Crippen molar-refractivity contribution in [1.29, 1.82) is 0 Å². The first-order chi connectivity index (χ1) is 9.85. The molecule has 120 valence electrons. The number of rotatable bonds is 8. The Morgan fingerprint density at radius 2 is 1.43 bits per heavy atom. The van der Waals surface area contributed by atoms with E-state index in [1.54, 1.807) is 0 Å². The fourth-order valence-corrected chi connectivity index (χ4v) is 2.55. The highest BCUT2D eigenvalue weighted by Crippen LogP contribution is 2.22. The quantitative estimate of drug-likeness (QED) is 0.747. The van der Waals surface area contributed by atoms with Crippen molar-refractivity contribution in [3.8, 4) is 0 Å². The molecule has 0 radical (unpaired) electrons. The second-order valence-electron chi connectivity index (χ2n) is 6.71. The second-order valence-corrected chi connectivity index (χ2v) is 6.71. The molecule has 21 heavy (non-hydrogen) atoms. The number of aromatic nitrogens is 2. The van der Waals surface area contributed by atoms with E-state index in [4.69, 9.17) is 0 Å². The fraction of sp³-hybridized carbons (Fsp3) is 0.765. The number of hydrogen-bond donors (Lipinski definition) is 2. The fourth-order valence-electron chi connectivity index (χ4n) is 2.55. The molecule has 0 aromatic carbocycles. The van der Waals surface area contributed by atoms with Crippen LogP contribution in [0, 0.1) is 17.8 Å². The highest BCUT2D eigenvalue weighted by Gasteiger charge is 2.17. The van der Waals surface area contributed by atoms with E-state index in [2.05, 4.69) is 69.1 Å². The van der Waals surface area contributed by atoms with Gasteiger partial charge >= 0.3 is 0 Å². The maximum atomic E-state index is 4.64. The van der Waals surface area contributed by atoms with Crippen molar-refractivity contribution in [1.82, 2.24) is 9.97 Å². The Balaban J connectivity index is 2.86. The molecule has 1 aromatic heterocycles. The monoisotopic (exact) mass is 292 g/mol. The molecule has 2 N–H and O–H groups in total. The van der Waals surface area contributed by atoms with E-state index in [0.717, 1.165) is 30.5 Å². The summed E-state index contributed by atoms with van der Waals surface area (Å²) in [5, 5.41) is 6.80. The van der Waals surface area contributed by atoms with Gasteiger partial charge in [-0.15, -0.1) is 0 Å². The maximum absolute atomic E-state index is 4.64. The molecule has 0 atom stereocenters. The average molecular weight is 292 g/mol. The van der Waals surface area contributed by atoms with Gasteiger partial charge in [-0.05, 0) is 24.7 Å². The Labute approximate surface area is 130 Å². The third kappa shape index (κ3) is 5.52. The topological polar surface area (TPSA) is 49.8 Å². The summed E-state index contributed by atoms with van der Waals surface area (Å²) in [5.41, 5.74) is 0. The molecular formula is C17H32N4. The van der Waals surface area contributed by atoms with Crippen LogP contribution in [0.1, 0.15) is 60.2 Å². The third-order valence-corrected chi connectivity index (χ3v) is 3.85. The molecule has 0 fully saturated rings. The van der Waals surface area contributed by atoms with Gasteiger partial charge in [-0.2, -0.15) is 0 Å². The summed E-state index contributed by atoms with van der Waals surface area (Å²) in [4.78, 5) is 9.20. The Kier molecular flexibility index (Phi) is 6.93. The van der Waals surface area contributed by atoms with Crippen LogP contribution in [0.2, 0.25) is 0 Å². The van der Waals surface area contributed by atoms with Crippen molar-refractivity contribution in [2.75, 3.05) is 23.7 Å². The lowest BCUT2D eigenvalue weighted by Gasteiger charge is -2.25. The number of nitrogens with zero attached hydrogens (tertiary/aromatic N) is 2. The summed E-state index contributed by atoms with van der Waals surface area (Å²) < 4.78 is 0. The first-order valence-electron chi connectivity index (χ1n) is 8.21. The lowest BCUT2D eigenvalue weighted by Crippen LogP contribution is -2.25. The molecule has 0 saturated carbocycles. The molecule has 1 rings (SSSR count). The van der Waals surface area contributed by atoms with Crippen LogP contribution >= 0.6 is 0 Å². The molecule has 1 aromatic rings. The molecule has 4 heteroatoms. The Morgan fingerprint density at radius 3 is 1.86 bits per heavy atom. The summed E-state index contributed by atoms with van der Waals surface area (Å²) in [6, 6.07) is 2.01. The van der Waals surface area contributed by atoms with Gasteiger partial charge in [0, 0.05) is 25.1 Å². The average Bonchev–Trinajstić information content (AvgIpc) is 2.38. The first-order valence-corrected chi connectivity index (χ1v) is 8.21. The van der Waals surface area contributed by atoms with Crippen LogP contribution in [-0.4, -0.2) is 23.1 Å². The van der Waals surface area contributed by atoms with E-state index < -0.39 is 0 Å². The number of hydrogen-bond acceptors (Lipinski definition) is 4. The van der Waals surface area contributed by atoms with Gasteiger partial charge in [-0.1, -0.05) is 41.5 Å². The highest BCUT2D eigenvalue weighted by molar-refractivity contribution is 5.47. The number of anilines is 2. The zero-order chi connectivity index (χ0) is 16.0. The van der Waals surface area contributed by atoms with Gasteiger partial charge in [-0.25, -0.2) is 9.97 Å². The molecular weight excluding hydrogens is 260 g/mol. The normalized spacial score (nSPS) is 11.8. The van der Waals surface area contributed by atoms with E-state index in [0.29, 0.717) is 23.7 Å². The van der Waals surface area contributed by atoms with Gasteiger partial charge in [-0.3, -0.25) is 0 Å². The van der Waals surface area contributed by atoms with E-state index in [-0.39, 0.29) is 0 Å². The molecule has 1 heterocycles. The second kappa shape index (κ2) is 8.20. The van der Waals surface area contributed by atoms with Crippen LogP contribution in [0.5, 0.6) is 0 Å². The molecule has 0 unspecified atom stereocenters. The van der Waals surface area contributed by atoms with Gasteiger partial charge < -0.3 is 10.6 Å². The first kappa shape index (κ1) is 17.7. The van der Waals surface area contributed by atoms with Crippen molar-refractivity contribution in [3.63, 3.8) is 0 Å². The van der Waals surface area contributed by atoms with E-state index in [1.807, 2.05) is 6.07 Å². The SMILES string of the molecule is CCNc1cc(NCC(C(C)C)C(C)C)nc(C(C)C)n1. The van der Waals surface area contributed by atoms with Crippen LogP contribution in [-0.2, 0) is 0 Å². The zero-order valence-corrected chi connectivity index (χ0v) is 14.7. The van der Waals surface area contributed by atoms with Crippen LogP contribution in [0.25, 0.3) is 0 Å². The van der Waals surface area contributed by atoms with E-state index in [9.17, 15) is 0 Å². The predicted octanol–water partition coefficient (Wildman–Crippen LogP) is 4.37. The maximum Gasteiger partial charge on any atom is 0.135 e. The van der Waals surface area contributed by atoms with Crippen molar-refractivity contribution in [3.05, 3.63) is 11.9 Å². The molecule has 0 spiro atoms. The van der Waals surface area contributed by atoms with Crippen molar-refractivity contribution in [2.24, 2.45) is 17.8 Å². The van der Waals surface area contributed by atoms with Crippen LogP contribution in [0.15, 0.2) is 6.07 Å². The Hall–Kier alpha value is -1.32. The summed E-state index contributed by atoms with van der Waals surface area (Å²) in [7, 11) is 0. The van der Waals surface area contributed by atoms with Gasteiger partial charge in [0.1, 0.15) is 17.5 Å². The van der Waals surface area contributed by atoms with E-state index >= 15 is 0 Å². The lowest BCUT2D eigenvalue weighted by atomic mass is 9.85. The highest BCUT2D eigenvalue weighted by atomic mass is 15.1. The molecule has 0 amide bonds. The summed E-state index contributed by atoms with van der Waals surface area (Å²) in [6.07, 6.45) is 0. The molecule has 0 aliphatic carbocycles. The summed E-state index contributed by atoms with van der Waals surface area (Å²) >= 11 is 0. The Morgan fingerprint density at radius 1 is 0.905 bits per heavy atom. The summed E-state index contributed by atoms with van der Waals surface area (Å²) in [6.45, 7) is 17.3. The lowest BCUT2D eigenvalue weighted by molar-refractivity contribution is 0.304. The van der Waals surface area contributed by atoms with E-state index in [1.165, 1.54) is 0 Å². The number of nitrogens with one attached hydrogen (secondary N) is 2. The van der Waals surface area contributed by atoms with Gasteiger partial charge in [0.05, 0.1) is 0 Å². The molecule has 0 bridgehead atoms. The van der Waals surface area contributed by atoms with Crippen LogP contribution in [0.4, 0.5) is 11.6 Å². The van der Waals surface area contributed by atoms with Crippen molar-refractivity contribution < 1.29 is 0 Å². The predicted molar refractivity (Wildman–Crippen MR) is 91.9 cm³/mol. The minimum Gasteiger partial charge on any atom is -0.370 e. The molecule has 0 aliphatic rings. The Bertz CT molecular complexity index is 419. The van der Waals surface area contributed by atoms with Gasteiger partial charge in [0.2, 0.25) is 0 Å². The molecule has 0 saturated heterocycles. The van der Waals surface area contributed by atoms with Gasteiger partial charge in [0.15, 0.2) is 0 Å².